The Hall–Kier alpha value is -2.03. The van der Waals surface area contributed by atoms with E-state index in [-0.39, 0.29) is 5.82 Å². The van der Waals surface area contributed by atoms with Crippen molar-refractivity contribution in [1.82, 2.24) is 0 Å². The SMILES string of the molecule is COc1cc(C)c(C)cc1CNc1ccc(F)cc1. The Balaban J connectivity index is 2.14. The second-order valence-corrected chi connectivity index (χ2v) is 4.61. The summed E-state index contributed by atoms with van der Waals surface area (Å²) < 4.78 is 18.2. The summed E-state index contributed by atoms with van der Waals surface area (Å²) in [4.78, 5) is 0. The third kappa shape index (κ3) is 3.25. The fourth-order valence-electron chi connectivity index (χ4n) is 1.94. The first-order chi connectivity index (χ1) is 9.10. The van der Waals surface area contributed by atoms with E-state index in [9.17, 15) is 4.39 Å². The van der Waals surface area contributed by atoms with Crippen molar-refractivity contribution in [3.8, 4) is 5.75 Å². The molecule has 2 aromatic rings. The fourth-order valence-corrected chi connectivity index (χ4v) is 1.94. The third-order valence-electron chi connectivity index (χ3n) is 3.22. The molecule has 0 fully saturated rings. The van der Waals surface area contributed by atoms with Crippen LogP contribution in [0.25, 0.3) is 0 Å². The average molecular weight is 259 g/mol. The Kier molecular flexibility index (Phi) is 4.05. The lowest BCUT2D eigenvalue weighted by atomic mass is 10.0. The molecule has 0 aliphatic rings. The van der Waals surface area contributed by atoms with Crippen LogP contribution in [0.4, 0.5) is 10.1 Å². The van der Waals surface area contributed by atoms with Gasteiger partial charge in [0.1, 0.15) is 11.6 Å². The molecule has 3 heteroatoms. The predicted octanol–water partition coefficient (Wildman–Crippen LogP) is 4.06. The second-order valence-electron chi connectivity index (χ2n) is 4.61. The minimum Gasteiger partial charge on any atom is -0.496 e. The van der Waals surface area contributed by atoms with E-state index in [1.165, 1.54) is 23.3 Å². The highest BCUT2D eigenvalue weighted by atomic mass is 19.1. The van der Waals surface area contributed by atoms with Crippen LogP contribution < -0.4 is 10.1 Å². The van der Waals surface area contributed by atoms with Crippen LogP contribution in [0.2, 0.25) is 0 Å². The minimum absolute atomic E-state index is 0.227. The number of rotatable bonds is 4. The van der Waals surface area contributed by atoms with Crippen LogP contribution in [0.15, 0.2) is 36.4 Å². The summed E-state index contributed by atoms with van der Waals surface area (Å²) in [7, 11) is 1.67. The summed E-state index contributed by atoms with van der Waals surface area (Å²) in [5, 5.41) is 3.26. The maximum atomic E-state index is 12.8. The first-order valence-electron chi connectivity index (χ1n) is 6.23. The lowest BCUT2D eigenvalue weighted by Gasteiger charge is -2.13. The summed E-state index contributed by atoms with van der Waals surface area (Å²) in [6, 6.07) is 10.5. The van der Waals surface area contributed by atoms with Crippen LogP contribution in [-0.2, 0) is 6.54 Å². The molecule has 2 rings (SSSR count). The van der Waals surface area contributed by atoms with E-state index >= 15 is 0 Å². The number of aryl methyl sites for hydroxylation is 2. The molecule has 0 aliphatic heterocycles. The van der Waals surface area contributed by atoms with Gasteiger partial charge >= 0.3 is 0 Å². The number of methoxy groups -OCH3 is 1. The Morgan fingerprint density at radius 2 is 1.68 bits per heavy atom. The van der Waals surface area contributed by atoms with E-state index < -0.39 is 0 Å². The highest BCUT2D eigenvalue weighted by Gasteiger charge is 2.05. The fraction of sp³-hybridized carbons (Fsp3) is 0.250. The van der Waals surface area contributed by atoms with Gasteiger partial charge in [-0.25, -0.2) is 4.39 Å². The molecule has 0 unspecified atom stereocenters. The summed E-state index contributed by atoms with van der Waals surface area (Å²) in [5.74, 6) is 0.645. The van der Waals surface area contributed by atoms with Gasteiger partial charge in [0.2, 0.25) is 0 Å². The van der Waals surface area contributed by atoms with Crippen molar-refractivity contribution in [2.45, 2.75) is 20.4 Å². The number of hydrogen-bond acceptors (Lipinski definition) is 2. The normalized spacial score (nSPS) is 10.3. The van der Waals surface area contributed by atoms with Gasteiger partial charge in [0.05, 0.1) is 7.11 Å². The molecule has 0 aliphatic carbocycles. The van der Waals surface area contributed by atoms with Crippen molar-refractivity contribution < 1.29 is 9.13 Å². The van der Waals surface area contributed by atoms with Crippen LogP contribution in [0, 0.1) is 19.7 Å². The summed E-state index contributed by atoms with van der Waals surface area (Å²) in [6.45, 7) is 4.79. The number of halogens is 1. The van der Waals surface area contributed by atoms with Gasteiger partial charge in [-0.15, -0.1) is 0 Å². The molecular weight excluding hydrogens is 241 g/mol. The third-order valence-corrected chi connectivity index (χ3v) is 3.22. The second kappa shape index (κ2) is 5.74. The molecule has 2 nitrogen and oxygen atoms in total. The first-order valence-corrected chi connectivity index (χ1v) is 6.23. The van der Waals surface area contributed by atoms with Gasteiger partial charge in [-0.2, -0.15) is 0 Å². The monoisotopic (exact) mass is 259 g/mol. The largest absolute Gasteiger partial charge is 0.496 e. The van der Waals surface area contributed by atoms with Gasteiger partial charge < -0.3 is 10.1 Å². The van der Waals surface area contributed by atoms with Gasteiger partial charge in [-0.3, -0.25) is 0 Å². The maximum Gasteiger partial charge on any atom is 0.124 e. The topological polar surface area (TPSA) is 21.3 Å². The first kappa shape index (κ1) is 13.4. The zero-order valence-corrected chi connectivity index (χ0v) is 11.5. The number of ether oxygens (including phenoxy) is 1. The molecule has 0 spiro atoms. The molecule has 0 bridgehead atoms. The van der Waals surface area contributed by atoms with Gasteiger partial charge in [0.15, 0.2) is 0 Å². The van der Waals surface area contributed by atoms with Crippen molar-refractivity contribution >= 4 is 5.69 Å². The molecule has 100 valence electrons. The predicted molar refractivity (Wildman–Crippen MR) is 76.2 cm³/mol. The van der Waals surface area contributed by atoms with Crippen LogP contribution in [-0.4, -0.2) is 7.11 Å². The van der Waals surface area contributed by atoms with Crippen LogP contribution >= 0.6 is 0 Å². The molecule has 0 atom stereocenters. The summed E-state index contributed by atoms with van der Waals surface area (Å²) in [6.07, 6.45) is 0. The molecule has 0 saturated heterocycles. The van der Waals surface area contributed by atoms with E-state index in [1.807, 2.05) is 6.07 Å². The average Bonchev–Trinajstić information content (AvgIpc) is 2.41. The van der Waals surface area contributed by atoms with E-state index in [0.717, 1.165) is 17.0 Å². The van der Waals surface area contributed by atoms with Crippen LogP contribution in [0.1, 0.15) is 16.7 Å². The Morgan fingerprint density at radius 3 is 2.32 bits per heavy atom. The van der Waals surface area contributed by atoms with Crippen molar-refractivity contribution in [3.63, 3.8) is 0 Å². The van der Waals surface area contributed by atoms with Crippen molar-refractivity contribution in [2.75, 3.05) is 12.4 Å². The zero-order chi connectivity index (χ0) is 13.8. The molecule has 0 amide bonds. The molecule has 0 radical (unpaired) electrons. The molecule has 19 heavy (non-hydrogen) atoms. The van der Waals surface area contributed by atoms with E-state index in [0.29, 0.717) is 6.54 Å². The van der Waals surface area contributed by atoms with Crippen LogP contribution in [0.3, 0.4) is 0 Å². The van der Waals surface area contributed by atoms with Gasteiger partial charge in [-0.05, 0) is 55.3 Å². The minimum atomic E-state index is -0.227. The summed E-state index contributed by atoms with van der Waals surface area (Å²) in [5.41, 5.74) is 4.43. The number of nitrogens with one attached hydrogen (secondary N) is 1. The molecule has 2 aromatic carbocycles. The number of benzene rings is 2. The Bertz CT molecular complexity index is 564. The molecule has 0 aromatic heterocycles. The van der Waals surface area contributed by atoms with Gasteiger partial charge in [0.25, 0.3) is 0 Å². The standard InChI is InChI=1S/C16H18FNO/c1-11-8-13(16(19-3)9-12(11)2)10-18-15-6-4-14(17)5-7-15/h4-9,18H,10H2,1-3H3. The van der Waals surface area contributed by atoms with Gasteiger partial charge in [-0.1, -0.05) is 6.07 Å². The molecule has 1 N–H and O–H groups in total. The quantitative estimate of drug-likeness (QED) is 0.894. The number of anilines is 1. The lowest BCUT2D eigenvalue weighted by Crippen LogP contribution is -2.03. The van der Waals surface area contributed by atoms with E-state index in [4.69, 9.17) is 4.74 Å². The van der Waals surface area contributed by atoms with Crippen molar-refractivity contribution in [1.29, 1.82) is 0 Å². The van der Waals surface area contributed by atoms with Crippen molar-refractivity contribution in [2.24, 2.45) is 0 Å². The van der Waals surface area contributed by atoms with Crippen LogP contribution in [0.5, 0.6) is 5.75 Å². The molecule has 0 heterocycles. The Labute approximate surface area is 113 Å². The molecular formula is C16H18FNO. The lowest BCUT2D eigenvalue weighted by molar-refractivity contribution is 0.410. The van der Waals surface area contributed by atoms with Gasteiger partial charge in [0, 0.05) is 17.8 Å². The van der Waals surface area contributed by atoms with E-state index in [2.05, 4.69) is 25.2 Å². The van der Waals surface area contributed by atoms with Crippen molar-refractivity contribution in [3.05, 3.63) is 58.9 Å². The number of hydrogen-bond donors (Lipinski definition) is 1. The zero-order valence-electron chi connectivity index (χ0n) is 11.5. The Morgan fingerprint density at radius 1 is 1.05 bits per heavy atom. The molecule has 0 saturated carbocycles. The maximum absolute atomic E-state index is 12.8. The van der Waals surface area contributed by atoms with E-state index in [1.54, 1.807) is 19.2 Å². The smallest absolute Gasteiger partial charge is 0.124 e. The highest BCUT2D eigenvalue weighted by Crippen LogP contribution is 2.24. The highest BCUT2D eigenvalue weighted by molar-refractivity contribution is 5.47. The summed E-state index contributed by atoms with van der Waals surface area (Å²) >= 11 is 0.